The summed E-state index contributed by atoms with van der Waals surface area (Å²) in [4.78, 5) is 73.9. The number of amides is 4. The highest BCUT2D eigenvalue weighted by atomic mass is 16.4. The Morgan fingerprint density at radius 2 is 1.35 bits per heavy atom. The number of aromatic nitrogens is 1. The Bertz CT molecular complexity index is 1860. The smallest absolute Gasteiger partial charge is 0.326 e. The highest BCUT2D eigenvalue weighted by molar-refractivity contribution is 5.96. The maximum absolute atomic E-state index is 14.0. The van der Waals surface area contributed by atoms with E-state index in [2.05, 4.69) is 15.6 Å². The number of nitrogens with one attached hydrogen (secondary N) is 3. The number of aliphatic carboxylic acids is 1. The van der Waals surface area contributed by atoms with E-state index in [1.54, 1.807) is 35.4 Å². The van der Waals surface area contributed by atoms with Crippen molar-refractivity contribution in [1.82, 2.24) is 25.4 Å². The molecule has 1 aromatic heterocycles. The molecular weight excluding hydrogens is 648 g/mol. The van der Waals surface area contributed by atoms with Gasteiger partial charge in [-0.3, -0.25) is 19.2 Å². The number of fused-ring (bicyclic) bond motifs is 1. The zero-order valence-electron chi connectivity index (χ0n) is 28.4. The molecule has 0 radical (unpaired) electrons. The van der Waals surface area contributed by atoms with Crippen LogP contribution in [-0.4, -0.2) is 92.8 Å². The van der Waals surface area contributed by atoms with Crippen molar-refractivity contribution in [3.8, 4) is 0 Å². The molecule has 5 atom stereocenters. The highest BCUT2D eigenvalue weighted by Crippen LogP contribution is 2.26. The van der Waals surface area contributed by atoms with Crippen LogP contribution in [0.2, 0.25) is 0 Å². The normalized spacial score (nSPS) is 19.0. The zero-order chi connectivity index (χ0) is 35.9. The number of hydrogen-bond donors (Lipinski definition) is 5. The van der Waals surface area contributed by atoms with Crippen LogP contribution in [0.25, 0.3) is 10.9 Å². The highest BCUT2D eigenvalue weighted by Gasteiger charge is 2.43. The molecule has 12 nitrogen and oxygen atoms in total. The van der Waals surface area contributed by atoms with E-state index in [9.17, 15) is 29.1 Å². The molecule has 0 unspecified atom stereocenters. The second-order valence-corrected chi connectivity index (χ2v) is 13.4. The van der Waals surface area contributed by atoms with Gasteiger partial charge in [0.15, 0.2) is 0 Å². The molecule has 51 heavy (non-hydrogen) atoms. The van der Waals surface area contributed by atoms with Crippen molar-refractivity contribution >= 4 is 40.5 Å². The van der Waals surface area contributed by atoms with Crippen LogP contribution in [-0.2, 0) is 43.2 Å². The molecule has 4 aromatic rings. The summed E-state index contributed by atoms with van der Waals surface area (Å²) in [6.07, 6.45) is 4.35. The number of nitrogens with zero attached hydrogens (tertiary/aromatic N) is 2. The Hall–Kier alpha value is -5.49. The Balaban J connectivity index is 1.17. The molecule has 3 aromatic carbocycles. The number of H-pyrrole nitrogens is 1. The maximum Gasteiger partial charge on any atom is 0.326 e. The van der Waals surface area contributed by atoms with E-state index in [0.29, 0.717) is 45.2 Å². The first kappa shape index (κ1) is 35.3. The fourth-order valence-corrected chi connectivity index (χ4v) is 7.27. The number of hydrogen-bond acceptors (Lipinski definition) is 6. The third-order valence-electron chi connectivity index (χ3n) is 9.90. The molecule has 2 fully saturated rings. The first-order chi connectivity index (χ1) is 24.7. The van der Waals surface area contributed by atoms with E-state index >= 15 is 0 Å². The standard InChI is InChI=1S/C39H44N6O6/c40-29(21-25-11-3-1-4-12-25)37(48)45-20-10-18-34(45)38(49)44-19-9-17-33(44)36(47)42-31(23-27-24-41-30-16-8-7-15-28(27)30)35(46)43-32(39(50)51)22-26-13-5-2-6-14-26/h1-8,11-16,24,29,31-34,41H,9-10,17-23,40H2,(H,42,47)(H,43,46)(H,50,51)/t29-,31-,32-,33-,34-/m0/s1. The number of nitrogens with two attached hydrogens (primary N) is 1. The summed E-state index contributed by atoms with van der Waals surface area (Å²) >= 11 is 0. The Labute approximate surface area is 296 Å². The lowest BCUT2D eigenvalue weighted by molar-refractivity contribution is -0.147. The first-order valence-electron chi connectivity index (χ1n) is 17.5. The number of carbonyl (C=O) groups excluding carboxylic acids is 4. The second kappa shape index (κ2) is 16.0. The average molecular weight is 693 g/mol. The van der Waals surface area contributed by atoms with Crippen molar-refractivity contribution in [2.45, 2.75) is 75.2 Å². The topological polar surface area (TPSA) is 178 Å². The van der Waals surface area contributed by atoms with Gasteiger partial charge in [0.1, 0.15) is 24.2 Å². The molecule has 12 heteroatoms. The zero-order valence-corrected chi connectivity index (χ0v) is 28.4. The maximum atomic E-state index is 14.0. The number of carboxylic acids is 1. The van der Waals surface area contributed by atoms with E-state index in [1.165, 1.54) is 4.90 Å². The minimum absolute atomic E-state index is 0.0617. The molecule has 0 aliphatic carbocycles. The van der Waals surface area contributed by atoms with E-state index in [1.807, 2.05) is 60.7 Å². The molecule has 0 bridgehead atoms. The number of benzene rings is 3. The number of carbonyl (C=O) groups is 5. The van der Waals surface area contributed by atoms with Gasteiger partial charge in [0.05, 0.1) is 6.04 Å². The van der Waals surface area contributed by atoms with E-state index in [4.69, 9.17) is 5.73 Å². The molecule has 2 aliphatic heterocycles. The third kappa shape index (κ3) is 8.29. The average Bonchev–Trinajstić information content (AvgIpc) is 3.92. The van der Waals surface area contributed by atoms with Crippen LogP contribution < -0.4 is 16.4 Å². The fraction of sp³-hybridized carbons (Fsp3) is 0.359. The van der Waals surface area contributed by atoms with Gasteiger partial charge in [-0.1, -0.05) is 78.9 Å². The van der Waals surface area contributed by atoms with Crippen molar-refractivity contribution in [3.05, 3.63) is 108 Å². The molecule has 2 saturated heterocycles. The molecule has 0 saturated carbocycles. The van der Waals surface area contributed by atoms with Gasteiger partial charge in [0.2, 0.25) is 23.6 Å². The van der Waals surface area contributed by atoms with Crippen molar-refractivity contribution in [1.29, 1.82) is 0 Å². The second-order valence-electron chi connectivity index (χ2n) is 13.4. The number of carboxylic acid groups (broad SMARTS) is 1. The number of para-hydroxylation sites is 1. The van der Waals surface area contributed by atoms with Crippen LogP contribution in [0.1, 0.15) is 42.4 Å². The largest absolute Gasteiger partial charge is 0.480 e. The first-order valence-corrected chi connectivity index (χ1v) is 17.5. The predicted molar refractivity (Wildman–Crippen MR) is 191 cm³/mol. The molecular formula is C39H44N6O6. The summed E-state index contributed by atoms with van der Waals surface area (Å²) in [6, 6.07) is 21.3. The van der Waals surface area contributed by atoms with Gasteiger partial charge in [-0.25, -0.2) is 4.79 Å². The summed E-state index contributed by atoms with van der Waals surface area (Å²) in [5.74, 6) is -2.96. The van der Waals surface area contributed by atoms with E-state index in [0.717, 1.165) is 27.6 Å². The van der Waals surface area contributed by atoms with Crippen LogP contribution in [0.15, 0.2) is 91.1 Å². The molecule has 3 heterocycles. The summed E-state index contributed by atoms with van der Waals surface area (Å²) < 4.78 is 0. The summed E-state index contributed by atoms with van der Waals surface area (Å²) in [5, 5.41) is 16.4. The van der Waals surface area contributed by atoms with Crippen molar-refractivity contribution in [3.63, 3.8) is 0 Å². The van der Waals surface area contributed by atoms with Gasteiger partial charge >= 0.3 is 5.97 Å². The SMILES string of the molecule is N[C@@H](Cc1ccccc1)C(=O)N1CCC[C@H]1C(=O)N1CCC[C@H]1C(=O)N[C@@H](Cc1c[nH]c2ccccc12)C(=O)N[C@@H](Cc1ccccc1)C(=O)O. The van der Waals surface area contributed by atoms with Crippen LogP contribution in [0.5, 0.6) is 0 Å². The van der Waals surface area contributed by atoms with Crippen LogP contribution in [0, 0.1) is 0 Å². The Kier molecular flexibility index (Phi) is 11.1. The minimum Gasteiger partial charge on any atom is -0.480 e. The quantitative estimate of drug-likeness (QED) is 0.143. The van der Waals surface area contributed by atoms with E-state index in [-0.39, 0.29) is 24.7 Å². The van der Waals surface area contributed by atoms with Gasteiger partial charge in [0.25, 0.3) is 0 Å². The lowest BCUT2D eigenvalue weighted by Gasteiger charge is -2.32. The van der Waals surface area contributed by atoms with Gasteiger partial charge in [-0.2, -0.15) is 0 Å². The summed E-state index contributed by atoms with van der Waals surface area (Å²) in [7, 11) is 0. The number of rotatable bonds is 13. The summed E-state index contributed by atoms with van der Waals surface area (Å²) in [5.41, 5.74) is 9.63. The molecule has 6 rings (SSSR count). The van der Waals surface area contributed by atoms with Crippen molar-refractivity contribution < 1.29 is 29.1 Å². The van der Waals surface area contributed by atoms with Gasteiger partial charge in [-0.15, -0.1) is 0 Å². The number of likely N-dealkylation sites (tertiary alicyclic amines) is 2. The van der Waals surface area contributed by atoms with Crippen molar-refractivity contribution in [2.24, 2.45) is 5.73 Å². The van der Waals surface area contributed by atoms with Gasteiger partial charge in [-0.05, 0) is 54.9 Å². The Morgan fingerprint density at radius 3 is 2.04 bits per heavy atom. The Morgan fingerprint density at radius 1 is 0.745 bits per heavy atom. The van der Waals surface area contributed by atoms with Crippen LogP contribution in [0.4, 0.5) is 0 Å². The third-order valence-corrected chi connectivity index (χ3v) is 9.90. The monoisotopic (exact) mass is 692 g/mol. The molecule has 4 amide bonds. The predicted octanol–water partition coefficient (Wildman–Crippen LogP) is 2.56. The lowest BCUT2D eigenvalue weighted by Crippen LogP contribution is -2.58. The van der Waals surface area contributed by atoms with Gasteiger partial charge < -0.3 is 36.3 Å². The lowest BCUT2D eigenvalue weighted by atomic mass is 10.0. The van der Waals surface area contributed by atoms with Crippen LogP contribution >= 0.6 is 0 Å². The van der Waals surface area contributed by atoms with Crippen molar-refractivity contribution in [2.75, 3.05) is 13.1 Å². The summed E-state index contributed by atoms with van der Waals surface area (Å²) in [6.45, 7) is 0.742. The van der Waals surface area contributed by atoms with E-state index < -0.39 is 48.0 Å². The molecule has 6 N–H and O–H groups in total. The minimum atomic E-state index is -1.23. The molecule has 2 aliphatic rings. The number of aromatic amines is 1. The fourth-order valence-electron chi connectivity index (χ4n) is 7.27. The van der Waals surface area contributed by atoms with Gasteiger partial charge in [0, 0.05) is 43.0 Å². The van der Waals surface area contributed by atoms with Crippen LogP contribution in [0.3, 0.4) is 0 Å². The molecule has 266 valence electrons. The molecule has 0 spiro atoms.